The average molecular weight is 374 g/mol. The lowest BCUT2D eigenvalue weighted by atomic mass is 9.97. The number of rotatable bonds is 5. The van der Waals surface area contributed by atoms with Gasteiger partial charge in [0.15, 0.2) is 0 Å². The molecule has 0 aromatic carbocycles. The van der Waals surface area contributed by atoms with E-state index in [1.807, 2.05) is 6.92 Å². The Morgan fingerprint density at radius 2 is 2.08 bits per heavy atom. The lowest BCUT2D eigenvalue weighted by molar-refractivity contribution is -0.150. The molecule has 1 saturated heterocycles. The van der Waals surface area contributed by atoms with Crippen molar-refractivity contribution >= 4 is 33.2 Å². The summed E-state index contributed by atoms with van der Waals surface area (Å²) in [5.74, 6) is -1.92. The van der Waals surface area contributed by atoms with Gasteiger partial charge in [-0.05, 0) is 38.8 Å². The summed E-state index contributed by atoms with van der Waals surface area (Å²) in [4.78, 5) is 25.6. The van der Waals surface area contributed by atoms with Crippen LogP contribution in [0.3, 0.4) is 0 Å². The van der Waals surface area contributed by atoms with E-state index in [0.717, 1.165) is 4.88 Å². The van der Waals surface area contributed by atoms with Crippen LogP contribution in [0.5, 0.6) is 0 Å². The molecule has 24 heavy (non-hydrogen) atoms. The molecule has 7 nitrogen and oxygen atoms in total. The number of piperidine rings is 1. The molecule has 2 atom stereocenters. The summed E-state index contributed by atoms with van der Waals surface area (Å²) in [6, 6.07) is 2.40. The second-order valence-electron chi connectivity index (χ2n) is 6.03. The maximum Gasteiger partial charge on any atom is 0.326 e. The molecule has 1 aromatic heterocycles. The number of hydrogen-bond donors (Lipinski definition) is 1. The number of carboxylic acids is 1. The van der Waals surface area contributed by atoms with E-state index >= 15 is 0 Å². The van der Waals surface area contributed by atoms with Crippen molar-refractivity contribution < 1.29 is 23.1 Å². The fourth-order valence-electron chi connectivity index (χ4n) is 2.68. The molecule has 134 valence electrons. The zero-order chi connectivity index (χ0) is 18.1. The smallest absolute Gasteiger partial charge is 0.326 e. The normalized spacial score (nSPS) is 20.5. The van der Waals surface area contributed by atoms with Crippen molar-refractivity contribution in [2.75, 3.05) is 20.1 Å². The fourth-order valence-corrected chi connectivity index (χ4v) is 5.65. The Bertz CT molecular complexity index is 728. The quantitative estimate of drug-likeness (QED) is 0.840. The van der Waals surface area contributed by atoms with Gasteiger partial charge in [-0.2, -0.15) is 4.31 Å². The number of sulfonamides is 1. The molecule has 1 aliphatic rings. The first kappa shape index (κ1) is 18.9. The third-order valence-electron chi connectivity index (χ3n) is 4.33. The van der Waals surface area contributed by atoms with E-state index in [9.17, 15) is 18.0 Å². The Kier molecular flexibility index (Phi) is 5.67. The molecule has 0 bridgehead atoms. The number of amides is 1. The molecule has 1 amide bonds. The molecule has 1 N–H and O–H groups in total. The molecule has 0 saturated carbocycles. The number of hydrogen-bond acceptors (Lipinski definition) is 5. The number of aliphatic carboxylic acids is 1. The van der Waals surface area contributed by atoms with Gasteiger partial charge in [0.05, 0.1) is 5.92 Å². The Balaban J connectivity index is 2.14. The molecular weight excluding hydrogens is 352 g/mol. The van der Waals surface area contributed by atoms with Crippen molar-refractivity contribution in [3.63, 3.8) is 0 Å². The second-order valence-corrected chi connectivity index (χ2v) is 9.48. The first-order valence-corrected chi connectivity index (χ1v) is 9.96. The summed E-state index contributed by atoms with van der Waals surface area (Å²) < 4.78 is 27.0. The van der Waals surface area contributed by atoms with Crippen molar-refractivity contribution in [1.82, 2.24) is 9.21 Å². The molecule has 1 aliphatic heterocycles. The molecule has 0 aliphatic carbocycles. The molecule has 2 rings (SSSR count). The highest BCUT2D eigenvalue weighted by Gasteiger charge is 2.36. The van der Waals surface area contributed by atoms with Gasteiger partial charge in [-0.15, -0.1) is 11.3 Å². The van der Waals surface area contributed by atoms with Crippen molar-refractivity contribution in [3.8, 4) is 0 Å². The van der Waals surface area contributed by atoms with Crippen LogP contribution in [0.25, 0.3) is 0 Å². The van der Waals surface area contributed by atoms with Crippen LogP contribution in [0, 0.1) is 12.8 Å². The Labute approximate surface area is 145 Å². The van der Waals surface area contributed by atoms with Crippen LogP contribution in [0.1, 0.15) is 24.6 Å². The van der Waals surface area contributed by atoms with Crippen molar-refractivity contribution in [2.45, 2.75) is 36.9 Å². The number of thiophene rings is 1. The van der Waals surface area contributed by atoms with Crippen molar-refractivity contribution in [2.24, 2.45) is 5.92 Å². The topological polar surface area (TPSA) is 95.0 Å². The fraction of sp³-hybridized carbons (Fsp3) is 0.600. The van der Waals surface area contributed by atoms with E-state index in [2.05, 4.69) is 0 Å². The van der Waals surface area contributed by atoms with Crippen LogP contribution < -0.4 is 0 Å². The van der Waals surface area contributed by atoms with Gasteiger partial charge in [-0.25, -0.2) is 13.2 Å². The lowest BCUT2D eigenvalue weighted by Gasteiger charge is -2.33. The zero-order valence-electron chi connectivity index (χ0n) is 13.9. The number of likely N-dealkylation sites (N-methyl/N-ethyl adjacent to an activating group) is 1. The van der Waals surface area contributed by atoms with Crippen LogP contribution in [-0.2, 0) is 19.6 Å². The maximum atomic E-state index is 12.7. The minimum absolute atomic E-state index is 0.0921. The minimum Gasteiger partial charge on any atom is -0.480 e. The highest BCUT2D eigenvalue weighted by atomic mass is 32.2. The number of aryl methyl sites for hydroxylation is 1. The summed E-state index contributed by atoms with van der Waals surface area (Å²) >= 11 is 1.21. The Morgan fingerprint density at radius 1 is 1.42 bits per heavy atom. The summed E-state index contributed by atoms with van der Waals surface area (Å²) in [5.41, 5.74) is 0. The summed E-state index contributed by atoms with van der Waals surface area (Å²) in [7, 11) is -2.16. The number of carbonyl (C=O) groups excluding carboxylic acids is 1. The standard InChI is InChI=1S/C15H22N2O5S2/c1-10-6-7-13(23-10)24(21,22)17-8-4-5-12(9-17)14(18)16(3)11(2)15(19)20/h6-7,11-12H,4-5,8-9H2,1-3H3,(H,19,20). The largest absolute Gasteiger partial charge is 0.480 e. The molecule has 0 radical (unpaired) electrons. The van der Waals surface area contributed by atoms with Gasteiger partial charge in [0.2, 0.25) is 5.91 Å². The van der Waals surface area contributed by atoms with Crippen LogP contribution in [0.2, 0.25) is 0 Å². The minimum atomic E-state index is -3.61. The van der Waals surface area contributed by atoms with Crippen LogP contribution in [0.4, 0.5) is 0 Å². The first-order chi connectivity index (χ1) is 11.1. The number of carboxylic acid groups (broad SMARTS) is 1. The van der Waals surface area contributed by atoms with E-state index in [1.54, 1.807) is 12.1 Å². The third kappa shape index (κ3) is 3.79. The van der Waals surface area contributed by atoms with Crippen molar-refractivity contribution in [3.05, 3.63) is 17.0 Å². The molecule has 2 unspecified atom stereocenters. The van der Waals surface area contributed by atoms with E-state index < -0.39 is 28.0 Å². The van der Waals surface area contributed by atoms with Gasteiger partial charge in [-0.3, -0.25) is 4.79 Å². The summed E-state index contributed by atoms with van der Waals surface area (Å²) in [6.45, 7) is 3.75. The second kappa shape index (κ2) is 7.20. The lowest BCUT2D eigenvalue weighted by Crippen LogP contribution is -2.49. The average Bonchev–Trinajstić information content (AvgIpc) is 3.00. The Hall–Kier alpha value is -1.45. The van der Waals surface area contributed by atoms with E-state index in [4.69, 9.17) is 5.11 Å². The monoisotopic (exact) mass is 374 g/mol. The number of carbonyl (C=O) groups is 2. The highest BCUT2D eigenvalue weighted by Crippen LogP contribution is 2.28. The van der Waals surface area contributed by atoms with E-state index in [0.29, 0.717) is 19.4 Å². The van der Waals surface area contributed by atoms with Gasteiger partial charge in [0.25, 0.3) is 10.0 Å². The SMILES string of the molecule is Cc1ccc(S(=O)(=O)N2CCCC(C(=O)N(C)C(C)C(=O)O)C2)s1. The molecule has 9 heteroatoms. The van der Waals surface area contributed by atoms with Crippen LogP contribution in [0.15, 0.2) is 16.3 Å². The van der Waals surface area contributed by atoms with Gasteiger partial charge in [0.1, 0.15) is 10.3 Å². The zero-order valence-corrected chi connectivity index (χ0v) is 15.6. The van der Waals surface area contributed by atoms with Gasteiger partial charge < -0.3 is 10.0 Å². The predicted octanol–water partition coefficient (Wildman–Crippen LogP) is 1.39. The van der Waals surface area contributed by atoms with Crippen LogP contribution in [-0.4, -0.2) is 60.8 Å². The third-order valence-corrected chi connectivity index (χ3v) is 7.66. The van der Waals surface area contributed by atoms with Gasteiger partial charge in [0, 0.05) is 25.0 Å². The number of nitrogens with zero attached hydrogens (tertiary/aromatic N) is 2. The van der Waals surface area contributed by atoms with E-state index in [-0.39, 0.29) is 16.7 Å². The molecular formula is C15H22N2O5S2. The van der Waals surface area contributed by atoms with Gasteiger partial charge >= 0.3 is 5.97 Å². The first-order valence-electron chi connectivity index (χ1n) is 7.70. The highest BCUT2D eigenvalue weighted by molar-refractivity contribution is 7.91. The van der Waals surface area contributed by atoms with Crippen molar-refractivity contribution in [1.29, 1.82) is 0 Å². The maximum absolute atomic E-state index is 12.7. The van der Waals surface area contributed by atoms with Gasteiger partial charge in [-0.1, -0.05) is 0 Å². The predicted molar refractivity (Wildman–Crippen MR) is 90.4 cm³/mol. The molecule has 1 aromatic rings. The molecule has 0 spiro atoms. The van der Waals surface area contributed by atoms with E-state index in [1.165, 1.54) is 34.5 Å². The Morgan fingerprint density at radius 3 is 2.62 bits per heavy atom. The summed E-state index contributed by atoms with van der Waals surface area (Å²) in [6.07, 6.45) is 1.14. The molecule has 2 heterocycles. The summed E-state index contributed by atoms with van der Waals surface area (Å²) in [5, 5.41) is 9.03. The van der Waals surface area contributed by atoms with Crippen LogP contribution >= 0.6 is 11.3 Å². The molecule has 1 fully saturated rings.